The molecule has 0 aliphatic carbocycles. The van der Waals surface area contributed by atoms with Gasteiger partial charge >= 0.3 is 5.97 Å². The van der Waals surface area contributed by atoms with Crippen LogP contribution >= 0.6 is 15.9 Å². The average molecular weight is 379 g/mol. The van der Waals surface area contributed by atoms with Gasteiger partial charge in [0.05, 0.1) is 22.8 Å². The van der Waals surface area contributed by atoms with Crippen molar-refractivity contribution in [2.24, 2.45) is 0 Å². The van der Waals surface area contributed by atoms with Gasteiger partial charge in [-0.05, 0) is 38.1 Å². The molecular weight excluding hydrogens is 364 g/mol. The SMILES string of the molecule is CCOC(=O)C(C)(c1ccccn1)c1ccc(Br)cc1[N+](=O)[O-]. The van der Waals surface area contributed by atoms with Crippen molar-refractivity contribution in [2.75, 3.05) is 6.61 Å². The van der Waals surface area contributed by atoms with E-state index in [4.69, 9.17) is 4.74 Å². The molecule has 0 N–H and O–H groups in total. The third kappa shape index (κ3) is 3.24. The van der Waals surface area contributed by atoms with Gasteiger partial charge in [0.1, 0.15) is 5.41 Å². The summed E-state index contributed by atoms with van der Waals surface area (Å²) in [7, 11) is 0. The summed E-state index contributed by atoms with van der Waals surface area (Å²) in [5.74, 6) is -0.580. The van der Waals surface area contributed by atoms with Gasteiger partial charge in [-0.3, -0.25) is 19.9 Å². The Bertz CT molecular complexity index is 736. The van der Waals surface area contributed by atoms with Crippen LogP contribution in [0, 0.1) is 10.1 Å². The van der Waals surface area contributed by atoms with E-state index in [1.165, 1.54) is 12.3 Å². The number of carbonyl (C=O) groups is 1. The van der Waals surface area contributed by atoms with Crippen LogP contribution in [0.5, 0.6) is 0 Å². The van der Waals surface area contributed by atoms with Crippen molar-refractivity contribution in [2.45, 2.75) is 19.3 Å². The summed E-state index contributed by atoms with van der Waals surface area (Å²) < 4.78 is 5.72. The van der Waals surface area contributed by atoms with E-state index in [0.29, 0.717) is 10.2 Å². The first-order valence-corrected chi connectivity index (χ1v) is 7.73. The Hall–Kier alpha value is -2.28. The number of aromatic nitrogens is 1. The lowest BCUT2D eigenvalue weighted by atomic mass is 9.78. The molecule has 7 heteroatoms. The first-order valence-electron chi connectivity index (χ1n) is 6.94. The van der Waals surface area contributed by atoms with Crippen LogP contribution in [-0.4, -0.2) is 22.5 Å². The minimum atomic E-state index is -1.37. The van der Waals surface area contributed by atoms with Crippen molar-refractivity contribution >= 4 is 27.6 Å². The Labute approximate surface area is 141 Å². The number of benzene rings is 1. The summed E-state index contributed by atoms with van der Waals surface area (Å²) in [4.78, 5) is 27.8. The zero-order valence-electron chi connectivity index (χ0n) is 12.7. The van der Waals surface area contributed by atoms with Crippen LogP contribution in [-0.2, 0) is 14.9 Å². The van der Waals surface area contributed by atoms with Gasteiger partial charge in [0.2, 0.25) is 0 Å². The van der Waals surface area contributed by atoms with Crippen LogP contribution in [0.1, 0.15) is 25.1 Å². The summed E-state index contributed by atoms with van der Waals surface area (Å²) in [5, 5.41) is 11.4. The zero-order chi connectivity index (χ0) is 17.0. The van der Waals surface area contributed by atoms with Crippen molar-refractivity contribution in [1.82, 2.24) is 4.98 Å². The molecule has 0 spiro atoms. The Morgan fingerprint density at radius 3 is 2.70 bits per heavy atom. The Balaban J connectivity index is 2.74. The third-order valence-corrected chi connectivity index (χ3v) is 4.05. The maximum atomic E-state index is 12.6. The number of carbonyl (C=O) groups excluding carboxylic acids is 1. The van der Waals surface area contributed by atoms with Gasteiger partial charge in [0.25, 0.3) is 5.69 Å². The van der Waals surface area contributed by atoms with Crippen LogP contribution < -0.4 is 0 Å². The maximum absolute atomic E-state index is 12.6. The molecular formula is C16H15BrN2O4. The fourth-order valence-electron chi connectivity index (χ4n) is 2.37. The lowest BCUT2D eigenvalue weighted by molar-refractivity contribution is -0.386. The Kier molecular flexibility index (Phi) is 5.10. The summed E-state index contributed by atoms with van der Waals surface area (Å²) in [6, 6.07) is 9.67. The Morgan fingerprint density at radius 2 is 2.13 bits per heavy atom. The lowest BCUT2D eigenvalue weighted by Gasteiger charge is -2.27. The van der Waals surface area contributed by atoms with E-state index in [0.717, 1.165) is 0 Å². The van der Waals surface area contributed by atoms with Crippen LogP contribution in [0.25, 0.3) is 0 Å². The molecule has 0 amide bonds. The standard InChI is InChI=1S/C16H15BrN2O4/c1-3-23-15(20)16(2,14-6-4-5-9-18-14)12-8-7-11(17)10-13(12)19(21)22/h4-10H,3H2,1-2H3. The van der Waals surface area contributed by atoms with Crippen LogP contribution in [0.4, 0.5) is 5.69 Å². The molecule has 0 radical (unpaired) electrons. The molecule has 1 atom stereocenters. The molecule has 120 valence electrons. The van der Waals surface area contributed by atoms with E-state index in [9.17, 15) is 14.9 Å². The van der Waals surface area contributed by atoms with Gasteiger partial charge < -0.3 is 4.74 Å². The number of esters is 1. The summed E-state index contributed by atoms with van der Waals surface area (Å²) in [6.07, 6.45) is 1.54. The monoisotopic (exact) mass is 378 g/mol. The molecule has 0 saturated carbocycles. The lowest BCUT2D eigenvalue weighted by Crippen LogP contribution is -2.37. The fourth-order valence-corrected chi connectivity index (χ4v) is 2.71. The van der Waals surface area contributed by atoms with Crippen molar-refractivity contribution in [3.8, 4) is 0 Å². The van der Waals surface area contributed by atoms with Gasteiger partial charge in [-0.25, -0.2) is 0 Å². The second-order valence-electron chi connectivity index (χ2n) is 4.98. The molecule has 1 aromatic heterocycles. The third-order valence-electron chi connectivity index (χ3n) is 3.56. The van der Waals surface area contributed by atoms with E-state index in [-0.39, 0.29) is 17.9 Å². The molecule has 0 aliphatic rings. The molecule has 1 unspecified atom stereocenters. The predicted octanol–water partition coefficient (Wildman–Crippen LogP) is 3.62. The highest BCUT2D eigenvalue weighted by Crippen LogP contribution is 2.38. The summed E-state index contributed by atoms with van der Waals surface area (Å²) in [6.45, 7) is 3.45. The number of hydrogen-bond donors (Lipinski definition) is 0. The average Bonchev–Trinajstić information content (AvgIpc) is 2.55. The van der Waals surface area contributed by atoms with Crippen molar-refractivity contribution < 1.29 is 14.5 Å². The van der Waals surface area contributed by atoms with Crippen LogP contribution in [0.15, 0.2) is 47.1 Å². The number of rotatable bonds is 5. The molecule has 2 rings (SSSR count). The van der Waals surface area contributed by atoms with Crippen molar-refractivity contribution in [3.05, 3.63) is 68.4 Å². The first-order chi connectivity index (χ1) is 10.9. The molecule has 1 heterocycles. The molecule has 2 aromatic rings. The second-order valence-corrected chi connectivity index (χ2v) is 5.89. The molecule has 0 fully saturated rings. The predicted molar refractivity (Wildman–Crippen MR) is 88.1 cm³/mol. The maximum Gasteiger partial charge on any atom is 0.322 e. The van der Waals surface area contributed by atoms with Gasteiger partial charge in [0, 0.05) is 16.7 Å². The van der Waals surface area contributed by atoms with E-state index >= 15 is 0 Å². The van der Waals surface area contributed by atoms with Crippen molar-refractivity contribution in [1.29, 1.82) is 0 Å². The van der Waals surface area contributed by atoms with Crippen LogP contribution in [0.2, 0.25) is 0 Å². The molecule has 23 heavy (non-hydrogen) atoms. The minimum absolute atomic E-state index is 0.166. The topological polar surface area (TPSA) is 82.3 Å². The molecule has 0 aliphatic heterocycles. The van der Waals surface area contributed by atoms with Gasteiger partial charge in [-0.1, -0.05) is 22.0 Å². The fraction of sp³-hybridized carbons (Fsp3) is 0.250. The van der Waals surface area contributed by atoms with Gasteiger partial charge in [-0.15, -0.1) is 0 Å². The van der Waals surface area contributed by atoms with Gasteiger partial charge in [0.15, 0.2) is 0 Å². The van der Waals surface area contributed by atoms with E-state index in [1.807, 2.05) is 0 Å². The van der Waals surface area contributed by atoms with Crippen LogP contribution in [0.3, 0.4) is 0 Å². The minimum Gasteiger partial charge on any atom is -0.465 e. The first kappa shape index (κ1) is 17.1. The van der Waals surface area contributed by atoms with E-state index in [2.05, 4.69) is 20.9 Å². The molecule has 0 saturated heterocycles. The number of hydrogen-bond acceptors (Lipinski definition) is 5. The largest absolute Gasteiger partial charge is 0.465 e. The number of nitrogens with zero attached hydrogens (tertiary/aromatic N) is 2. The van der Waals surface area contributed by atoms with E-state index < -0.39 is 16.3 Å². The molecule has 1 aromatic carbocycles. The quantitative estimate of drug-likeness (QED) is 0.450. The highest BCUT2D eigenvalue weighted by molar-refractivity contribution is 9.10. The number of pyridine rings is 1. The summed E-state index contributed by atoms with van der Waals surface area (Å²) >= 11 is 3.22. The highest BCUT2D eigenvalue weighted by atomic mass is 79.9. The summed E-state index contributed by atoms with van der Waals surface area (Å²) in [5.41, 5.74) is -0.910. The highest BCUT2D eigenvalue weighted by Gasteiger charge is 2.44. The van der Waals surface area contributed by atoms with Crippen molar-refractivity contribution in [3.63, 3.8) is 0 Å². The number of nitro groups is 1. The number of nitro benzene ring substituents is 1. The number of ether oxygens (including phenoxy) is 1. The molecule has 0 bridgehead atoms. The smallest absolute Gasteiger partial charge is 0.322 e. The second kappa shape index (κ2) is 6.87. The normalized spacial score (nSPS) is 13.2. The van der Waals surface area contributed by atoms with Gasteiger partial charge in [-0.2, -0.15) is 0 Å². The zero-order valence-corrected chi connectivity index (χ0v) is 14.2. The van der Waals surface area contributed by atoms with E-state index in [1.54, 1.807) is 44.2 Å². The molecule has 6 nitrogen and oxygen atoms in total. The Morgan fingerprint density at radius 1 is 1.39 bits per heavy atom. The number of halogens is 1.